The average Bonchev–Trinajstić information content (AvgIpc) is 2.39. The quantitative estimate of drug-likeness (QED) is 0.571. The molecule has 0 aliphatic carbocycles. The van der Waals surface area contributed by atoms with Crippen LogP contribution in [0.3, 0.4) is 0 Å². The van der Waals surface area contributed by atoms with Crippen molar-refractivity contribution in [3.8, 4) is 5.75 Å². The summed E-state index contributed by atoms with van der Waals surface area (Å²) in [5.74, 6) is 0.531. The highest BCUT2D eigenvalue weighted by Crippen LogP contribution is 2.30. The zero-order valence-electron chi connectivity index (χ0n) is 11.8. The molecule has 19 heavy (non-hydrogen) atoms. The highest BCUT2D eigenvalue weighted by molar-refractivity contribution is 5.64. The van der Waals surface area contributed by atoms with E-state index in [1.54, 1.807) is 12.1 Å². The fraction of sp³-hybridized carbons (Fsp3) is 0.571. The first kappa shape index (κ1) is 15.3. The van der Waals surface area contributed by atoms with Crippen LogP contribution in [0.25, 0.3) is 0 Å². The molecule has 106 valence electrons. The maximum absolute atomic E-state index is 11.1. The molecule has 0 saturated carbocycles. The van der Waals surface area contributed by atoms with Gasteiger partial charge in [-0.25, -0.2) is 0 Å². The average molecular weight is 266 g/mol. The van der Waals surface area contributed by atoms with Crippen LogP contribution in [0, 0.1) is 10.1 Å². The van der Waals surface area contributed by atoms with Crippen LogP contribution in [-0.2, 0) is 0 Å². The van der Waals surface area contributed by atoms with Crippen molar-refractivity contribution in [3.05, 3.63) is 28.3 Å². The number of nitrogens with zero attached hydrogens (tertiary/aromatic N) is 1. The molecule has 5 heteroatoms. The van der Waals surface area contributed by atoms with Crippen molar-refractivity contribution in [3.63, 3.8) is 0 Å². The molecule has 0 aromatic heterocycles. The van der Waals surface area contributed by atoms with Crippen LogP contribution < -0.4 is 10.1 Å². The SMILES string of the molecule is CCCC(CC)Nc1ccc(OCC)cc1[N+](=O)[O-]. The van der Waals surface area contributed by atoms with Crippen molar-refractivity contribution in [1.29, 1.82) is 0 Å². The number of hydrogen-bond donors (Lipinski definition) is 1. The van der Waals surface area contributed by atoms with E-state index in [0.29, 0.717) is 18.0 Å². The van der Waals surface area contributed by atoms with Crippen molar-refractivity contribution in [2.45, 2.75) is 46.1 Å². The molecule has 0 fully saturated rings. The molecule has 0 bridgehead atoms. The Labute approximate surface area is 114 Å². The van der Waals surface area contributed by atoms with E-state index < -0.39 is 0 Å². The topological polar surface area (TPSA) is 64.4 Å². The van der Waals surface area contributed by atoms with Crippen LogP contribution >= 0.6 is 0 Å². The molecule has 1 atom stereocenters. The van der Waals surface area contributed by atoms with Gasteiger partial charge in [0.15, 0.2) is 0 Å². The molecule has 1 aromatic rings. The van der Waals surface area contributed by atoms with E-state index in [1.807, 2.05) is 6.92 Å². The maximum Gasteiger partial charge on any atom is 0.296 e. The largest absolute Gasteiger partial charge is 0.494 e. The summed E-state index contributed by atoms with van der Waals surface area (Å²) in [7, 11) is 0. The fourth-order valence-corrected chi connectivity index (χ4v) is 1.99. The number of benzene rings is 1. The van der Waals surface area contributed by atoms with Gasteiger partial charge in [0, 0.05) is 6.04 Å². The molecule has 5 nitrogen and oxygen atoms in total. The van der Waals surface area contributed by atoms with Crippen molar-refractivity contribution < 1.29 is 9.66 Å². The van der Waals surface area contributed by atoms with Gasteiger partial charge < -0.3 is 10.1 Å². The van der Waals surface area contributed by atoms with Crippen LogP contribution in [0.2, 0.25) is 0 Å². The third kappa shape index (κ3) is 4.43. The molecule has 0 radical (unpaired) electrons. The Morgan fingerprint density at radius 2 is 2.11 bits per heavy atom. The van der Waals surface area contributed by atoms with Gasteiger partial charge in [0.25, 0.3) is 5.69 Å². The molecule has 0 heterocycles. The summed E-state index contributed by atoms with van der Waals surface area (Å²) < 4.78 is 5.30. The molecule has 1 rings (SSSR count). The number of nitrogens with one attached hydrogen (secondary N) is 1. The molecule has 0 spiro atoms. The highest BCUT2D eigenvalue weighted by atomic mass is 16.6. The van der Waals surface area contributed by atoms with E-state index in [9.17, 15) is 10.1 Å². The fourth-order valence-electron chi connectivity index (χ4n) is 1.99. The molecule has 1 aromatic carbocycles. The predicted octanol–water partition coefficient (Wildman–Crippen LogP) is 3.98. The summed E-state index contributed by atoms with van der Waals surface area (Å²) in [6, 6.07) is 5.23. The zero-order chi connectivity index (χ0) is 14.3. The molecular weight excluding hydrogens is 244 g/mol. The second-order valence-electron chi connectivity index (χ2n) is 4.41. The minimum atomic E-state index is -0.372. The lowest BCUT2D eigenvalue weighted by Crippen LogP contribution is -2.18. The monoisotopic (exact) mass is 266 g/mol. The van der Waals surface area contributed by atoms with Gasteiger partial charge in [-0.3, -0.25) is 10.1 Å². The molecule has 1 N–H and O–H groups in total. The Kier molecular flexibility index (Phi) is 6.12. The van der Waals surface area contributed by atoms with Crippen molar-refractivity contribution in [2.24, 2.45) is 0 Å². The van der Waals surface area contributed by atoms with E-state index in [2.05, 4.69) is 19.2 Å². The molecule has 0 aliphatic heterocycles. The van der Waals surface area contributed by atoms with E-state index >= 15 is 0 Å². The number of hydrogen-bond acceptors (Lipinski definition) is 4. The van der Waals surface area contributed by atoms with Crippen LogP contribution in [0.1, 0.15) is 40.0 Å². The molecule has 0 saturated heterocycles. The maximum atomic E-state index is 11.1. The Morgan fingerprint density at radius 1 is 1.37 bits per heavy atom. The normalized spacial score (nSPS) is 11.9. The summed E-state index contributed by atoms with van der Waals surface area (Å²) in [6.45, 7) is 6.54. The third-order valence-electron chi connectivity index (χ3n) is 2.97. The Balaban J connectivity index is 2.95. The van der Waals surface area contributed by atoms with E-state index in [-0.39, 0.29) is 16.7 Å². The first-order chi connectivity index (χ1) is 9.12. The summed E-state index contributed by atoms with van der Waals surface area (Å²) in [4.78, 5) is 10.7. The van der Waals surface area contributed by atoms with Gasteiger partial charge in [0.05, 0.1) is 17.6 Å². The van der Waals surface area contributed by atoms with Crippen LogP contribution in [0.15, 0.2) is 18.2 Å². The van der Waals surface area contributed by atoms with Crippen molar-refractivity contribution >= 4 is 11.4 Å². The second kappa shape index (κ2) is 7.61. The van der Waals surface area contributed by atoms with Gasteiger partial charge in [-0.1, -0.05) is 20.3 Å². The number of nitro groups is 1. The lowest BCUT2D eigenvalue weighted by Gasteiger charge is -2.17. The lowest BCUT2D eigenvalue weighted by molar-refractivity contribution is -0.384. The van der Waals surface area contributed by atoms with Crippen LogP contribution in [0.5, 0.6) is 5.75 Å². The number of anilines is 1. The smallest absolute Gasteiger partial charge is 0.296 e. The van der Waals surface area contributed by atoms with Gasteiger partial charge >= 0.3 is 0 Å². The minimum absolute atomic E-state index is 0.0699. The Bertz CT molecular complexity index is 421. The van der Waals surface area contributed by atoms with Gasteiger partial charge in [-0.05, 0) is 31.9 Å². The van der Waals surface area contributed by atoms with Crippen LogP contribution in [0.4, 0.5) is 11.4 Å². The van der Waals surface area contributed by atoms with Crippen molar-refractivity contribution in [2.75, 3.05) is 11.9 Å². The number of rotatable bonds is 8. The Morgan fingerprint density at radius 3 is 2.63 bits per heavy atom. The number of ether oxygens (including phenoxy) is 1. The predicted molar refractivity (Wildman–Crippen MR) is 76.9 cm³/mol. The summed E-state index contributed by atoms with van der Waals surface area (Å²) >= 11 is 0. The van der Waals surface area contributed by atoms with Gasteiger partial charge in [-0.2, -0.15) is 0 Å². The first-order valence-corrected chi connectivity index (χ1v) is 6.80. The molecule has 1 unspecified atom stereocenters. The van der Waals surface area contributed by atoms with Crippen LogP contribution in [-0.4, -0.2) is 17.6 Å². The van der Waals surface area contributed by atoms with E-state index in [4.69, 9.17) is 4.74 Å². The van der Waals surface area contributed by atoms with E-state index in [0.717, 1.165) is 19.3 Å². The minimum Gasteiger partial charge on any atom is -0.494 e. The summed E-state index contributed by atoms with van der Waals surface area (Å²) in [6.07, 6.45) is 3.00. The summed E-state index contributed by atoms with van der Waals surface area (Å²) in [5.41, 5.74) is 0.634. The first-order valence-electron chi connectivity index (χ1n) is 6.80. The highest BCUT2D eigenvalue weighted by Gasteiger charge is 2.17. The third-order valence-corrected chi connectivity index (χ3v) is 2.97. The molecular formula is C14H22N2O3. The molecule has 0 aliphatic rings. The summed E-state index contributed by atoms with van der Waals surface area (Å²) in [5, 5.41) is 14.4. The zero-order valence-corrected chi connectivity index (χ0v) is 11.8. The number of nitro benzene ring substituents is 1. The van der Waals surface area contributed by atoms with Gasteiger partial charge in [0.2, 0.25) is 0 Å². The second-order valence-corrected chi connectivity index (χ2v) is 4.41. The van der Waals surface area contributed by atoms with E-state index in [1.165, 1.54) is 6.07 Å². The van der Waals surface area contributed by atoms with Gasteiger partial charge in [0.1, 0.15) is 11.4 Å². The standard InChI is InChI=1S/C14H22N2O3/c1-4-7-11(5-2)15-13-9-8-12(19-6-3)10-14(13)16(17)18/h8-11,15H,4-7H2,1-3H3. The lowest BCUT2D eigenvalue weighted by atomic mass is 10.1. The molecule has 0 amide bonds. The Hall–Kier alpha value is -1.78. The van der Waals surface area contributed by atoms with Crippen molar-refractivity contribution in [1.82, 2.24) is 0 Å². The van der Waals surface area contributed by atoms with Gasteiger partial charge in [-0.15, -0.1) is 0 Å².